The number of hydrogen-bond acceptors (Lipinski definition) is 4. The summed E-state index contributed by atoms with van der Waals surface area (Å²) in [5, 5.41) is 0. The van der Waals surface area contributed by atoms with Gasteiger partial charge in [-0.3, -0.25) is 4.79 Å². The monoisotopic (exact) mass is 288 g/mol. The second-order valence-electron chi connectivity index (χ2n) is 4.66. The zero-order valence-electron chi connectivity index (χ0n) is 11.6. The number of fused-ring (bicyclic) bond motifs is 2. The molecule has 0 N–H and O–H groups in total. The van der Waals surface area contributed by atoms with Gasteiger partial charge in [0.2, 0.25) is 0 Å². The van der Waals surface area contributed by atoms with Gasteiger partial charge in [-0.15, -0.1) is 0 Å². The average Bonchev–Trinajstić information content (AvgIpc) is 2.61. The van der Waals surface area contributed by atoms with Gasteiger partial charge in [0.1, 0.15) is 34.4 Å². The quantitative estimate of drug-likeness (QED) is 0.850. The molecule has 0 saturated heterocycles. The van der Waals surface area contributed by atoms with Crippen molar-refractivity contribution < 1.29 is 23.4 Å². The number of carbonyl (C=O) groups excluding carboxylic acids is 1. The van der Waals surface area contributed by atoms with Crippen LogP contribution in [0.15, 0.2) is 30.3 Å². The molecule has 0 aromatic heterocycles. The Morgan fingerprint density at radius 2 is 1.90 bits per heavy atom. The number of benzene rings is 2. The lowest BCUT2D eigenvalue weighted by Gasteiger charge is -2.13. The summed E-state index contributed by atoms with van der Waals surface area (Å²) < 4.78 is 29.5. The Labute approximate surface area is 121 Å². The van der Waals surface area contributed by atoms with Crippen LogP contribution < -0.4 is 14.2 Å². The molecule has 1 heterocycles. The molecule has 1 aliphatic rings. The Hall–Kier alpha value is -2.56. The van der Waals surface area contributed by atoms with Gasteiger partial charge < -0.3 is 14.2 Å². The topological polar surface area (TPSA) is 44.8 Å². The van der Waals surface area contributed by atoms with Crippen molar-refractivity contribution in [2.24, 2.45) is 0 Å². The van der Waals surface area contributed by atoms with Crippen molar-refractivity contribution in [2.75, 3.05) is 14.2 Å². The predicted molar refractivity (Wildman–Crippen MR) is 74.1 cm³/mol. The van der Waals surface area contributed by atoms with Crippen molar-refractivity contribution in [3.63, 3.8) is 0 Å². The van der Waals surface area contributed by atoms with E-state index in [0.717, 1.165) is 0 Å². The van der Waals surface area contributed by atoms with Crippen molar-refractivity contribution in [2.45, 2.75) is 6.42 Å². The normalized spacial score (nSPS) is 12.8. The van der Waals surface area contributed by atoms with Crippen LogP contribution in [0.4, 0.5) is 4.39 Å². The predicted octanol–water partition coefficient (Wildman–Crippen LogP) is 3.37. The van der Waals surface area contributed by atoms with E-state index in [2.05, 4.69) is 0 Å². The molecular formula is C16H13FO4. The van der Waals surface area contributed by atoms with Crippen LogP contribution in [0.1, 0.15) is 15.9 Å². The Balaban J connectivity index is 2.20. The van der Waals surface area contributed by atoms with Gasteiger partial charge in [-0.1, -0.05) is 6.07 Å². The van der Waals surface area contributed by atoms with Crippen molar-refractivity contribution in [1.29, 1.82) is 0 Å². The standard InChI is InChI=1S/C16H13FO4/c1-19-11-7-14(20-2)16-12(18)5-9-3-4-10(17)6-13(9)21-15(16)8-11/h3-4,6-8H,5H2,1-2H3. The molecule has 2 aromatic rings. The first kappa shape index (κ1) is 13.4. The van der Waals surface area contributed by atoms with Gasteiger partial charge in [-0.25, -0.2) is 4.39 Å². The maximum Gasteiger partial charge on any atom is 0.174 e. The maximum atomic E-state index is 13.4. The van der Waals surface area contributed by atoms with Crippen LogP contribution in [-0.4, -0.2) is 20.0 Å². The summed E-state index contributed by atoms with van der Waals surface area (Å²) in [6.07, 6.45) is 0.130. The zero-order chi connectivity index (χ0) is 15.0. The van der Waals surface area contributed by atoms with Gasteiger partial charge in [0.05, 0.1) is 14.2 Å². The van der Waals surface area contributed by atoms with Crippen LogP contribution in [-0.2, 0) is 6.42 Å². The van der Waals surface area contributed by atoms with E-state index in [1.54, 1.807) is 18.2 Å². The van der Waals surface area contributed by atoms with E-state index in [4.69, 9.17) is 14.2 Å². The molecule has 0 atom stereocenters. The Morgan fingerprint density at radius 1 is 1.10 bits per heavy atom. The number of hydrogen-bond donors (Lipinski definition) is 0. The fraction of sp³-hybridized carbons (Fsp3) is 0.188. The van der Waals surface area contributed by atoms with Crippen LogP contribution in [0.5, 0.6) is 23.0 Å². The van der Waals surface area contributed by atoms with Crippen LogP contribution in [0.3, 0.4) is 0 Å². The van der Waals surface area contributed by atoms with Crippen LogP contribution in [0.2, 0.25) is 0 Å². The summed E-state index contributed by atoms with van der Waals surface area (Å²) >= 11 is 0. The van der Waals surface area contributed by atoms with Crippen molar-refractivity contribution in [1.82, 2.24) is 0 Å². The third-order valence-corrected chi connectivity index (χ3v) is 3.37. The van der Waals surface area contributed by atoms with E-state index in [1.807, 2.05) is 0 Å². The summed E-state index contributed by atoms with van der Waals surface area (Å²) in [7, 11) is 2.98. The Morgan fingerprint density at radius 3 is 2.62 bits per heavy atom. The number of halogens is 1. The first-order chi connectivity index (χ1) is 10.1. The highest BCUT2D eigenvalue weighted by molar-refractivity contribution is 6.03. The fourth-order valence-electron chi connectivity index (χ4n) is 2.35. The highest BCUT2D eigenvalue weighted by atomic mass is 19.1. The number of rotatable bonds is 2. The molecule has 4 nitrogen and oxygen atoms in total. The lowest BCUT2D eigenvalue weighted by molar-refractivity contribution is 0.0990. The maximum absolute atomic E-state index is 13.4. The van der Waals surface area contributed by atoms with Gasteiger partial charge in [-0.05, 0) is 6.07 Å². The van der Waals surface area contributed by atoms with E-state index in [-0.39, 0.29) is 12.2 Å². The molecule has 0 radical (unpaired) electrons. The molecule has 0 aliphatic carbocycles. The zero-order valence-corrected chi connectivity index (χ0v) is 11.6. The molecule has 3 rings (SSSR count). The largest absolute Gasteiger partial charge is 0.496 e. The summed E-state index contributed by atoms with van der Waals surface area (Å²) in [4.78, 5) is 12.4. The lowest BCUT2D eigenvalue weighted by Crippen LogP contribution is -2.05. The van der Waals surface area contributed by atoms with Gasteiger partial charge in [0.25, 0.3) is 0 Å². The van der Waals surface area contributed by atoms with E-state index in [1.165, 1.54) is 26.4 Å². The Bertz CT molecular complexity index is 724. The van der Waals surface area contributed by atoms with Crippen molar-refractivity contribution >= 4 is 5.78 Å². The van der Waals surface area contributed by atoms with Gasteiger partial charge in [0.15, 0.2) is 5.78 Å². The molecule has 21 heavy (non-hydrogen) atoms. The van der Waals surface area contributed by atoms with E-state index in [9.17, 15) is 9.18 Å². The van der Waals surface area contributed by atoms with E-state index < -0.39 is 5.82 Å². The highest BCUT2D eigenvalue weighted by Gasteiger charge is 2.26. The molecule has 5 heteroatoms. The molecule has 0 saturated carbocycles. The van der Waals surface area contributed by atoms with Crippen molar-refractivity contribution in [3.05, 3.63) is 47.3 Å². The summed E-state index contributed by atoms with van der Waals surface area (Å²) in [5.74, 6) is 0.952. The molecule has 0 spiro atoms. The molecule has 0 amide bonds. The molecule has 0 unspecified atom stereocenters. The van der Waals surface area contributed by atoms with Crippen LogP contribution >= 0.6 is 0 Å². The molecule has 0 bridgehead atoms. The minimum atomic E-state index is -0.417. The van der Waals surface area contributed by atoms with Gasteiger partial charge in [-0.2, -0.15) is 0 Å². The first-order valence-corrected chi connectivity index (χ1v) is 6.38. The lowest BCUT2D eigenvalue weighted by atomic mass is 10.0. The molecule has 0 fully saturated rings. The highest BCUT2D eigenvalue weighted by Crippen LogP contribution is 2.41. The molecule has 1 aliphatic heterocycles. The first-order valence-electron chi connectivity index (χ1n) is 6.38. The van der Waals surface area contributed by atoms with Crippen molar-refractivity contribution in [3.8, 4) is 23.0 Å². The summed E-state index contributed by atoms with van der Waals surface area (Å²) in [6.45, 7) is 0. The molecule has 2 aromatic carbocycles. The smallest absolute Gasteiger partial charge is 0.174 e. The SMILES string of the molecule is COc1cc(OC)c2c(c1)Oc1cc(F)ccc1CC2=O. The second kappa shape index (κ2) is 5.09. The number of methoxy groups -OCH3 is 2. The minimum Gasteiger partial charge on any atom is -0.496 e. The second-order valence-corrected chi connectivity index (χ2v) is 4.66. The Kier molecular flexibility index (Phi) is 3.25. The van der Waals surface area contributed by atoms with Crippen LogP contribution in [0, 0.1) is 5.82 Å². The fourth-order valence-corrected chi connectivity index (χ4v) is 2.35. The summed E-state index contributed by atoms with van der Waals surface area (Å²) in [5.41, 5.74) is 0.980. The third-order valence-electron chi connectivity index (χ3n) is 3.37. The number of ketones is 1. The number of Topliss-reactive ketones (excluding diaryl/α,β-unsaturated/α-hetero) is 1. The number of ether oxygens (including phenoxy) is 3. The van der Waals surface area contributed by atoms with Gasteiger partial charge >= 0.3 is 0 Å². The summed E-state index contributed by atoms with van der Waals surface area (Å²) in [6, 6.07) is 7.34. The van der Waals surface area contributed by atoms with Gasteiger partial charge in [0, 0.05) is 30.2 Å². The number of carbonyl (C=O) groups is 1. The third kappa shape index (κ3) is 2.31. The van der Waals surface area contributed by atoms with Crippen LogP contribution in [0.25, 0.3) is 0 Å². The van der Waals surface area contributed by atoms with E-state index in [0.29, 0.717) is 34.1 Å². The molecule has 108 valence electrons. The average molecular weight is 288 g/mol. The molecular weight excluding hydrogens is 275 g/mol. The van der Waals surface area contributed by atoms with E-state index >= 15 is 0 Å². The minimum absolute atomic E-state index is 0.130.